The third kappa shape index (κ3) is 9.99. The van der Waals surface area contributed by atoms with Crippen molar-refractivity contribution in [2.45, 2.75) is 193 Å². The number of para-hydroxylation sites is 2. The van der Waals surface area contributed by atoms with Crippen molar-refractivity contribution in [1.82, 2.24) is 0 Å². The standard InChI is InChI=1S/C107H101NO2/c1-13-15-17-19-29-55-107(56-30-20-18-16-14-2)85-36-26-21-31-74(85)77-52-44-69(60-90(77)107)68-43-51-76-75-50-42-67(58-86(75)103(5,6)87(76)59-68)66-40-45-70(46-41-66)108(71-47-53-79-88(61-71)104(7,8)91-63-83(73-49-39-64(3)57-65(73)4)101-96(94(79)91)81-33-23-27-37-92(81)109-101)72-48-54-80-89(62-72)106(11,12)100-98(80)102-97(82-34-24-28-38-93(82)110-102)95-78-32-22-25-35-84(78)105(9,10)99(95)100/h21-28,31-54,57-63,77,90H,13-20,29-30,55-56H2,1-12H3. The SMILES string of the molecule is CCCCCCCC1(CCCCCCC)c2ccccc2C2C=CC(c3ccc4c(c3)C(C)(C)c3cc(-c5ccc(N(c6ccc7c(c6)C(C)(C)c6cc(-c8ccc(C)cc8C)c8oc9ccccc9c8c6-7)c6ccc7c(c6)C(C)(C)c6c8c(c9c(oc%10ccccc%109)c6-7)-c6ccccc6C8(C)C)cc5)ccc3-4)=CC21. The zero-order chi connectivity index (χ0) is 75.1. The van der Waals surface area contributed by atoms with Gasteiger partial charge in [0, 0.05) is 82.7 Å². The molecule has 6 aliphatic carbocycles. The molecule has 0 bridgehead atoms. The number of furan rings is 2. The lowest BCUT2D eigenvalue weighted by Gasteiger charge is -2.39. The monoisotopic (exact) mass is 1430 g/mol. The number of hydrogen-bond acceptors (Lipinski definition) is 3. The summed E-state index contributed by atoms with van der Waals surface area (Å²) in [5.74, 6) is 0.877. The molecule has 0 saturated heterocycles. The van der Waals surface area contributed by atoms with E-state index in [9.17, 15) is 0 Å². The van der Waals surface area contributed by atoms with E-state index in [-0.39, 0.29) is 21.7 Å². The highest BCUT2D eigenvalue weighted by Crippen LogP contribution is 2.66. The lowest BCUT2D eigenvalue weighted by molar-refractivity contribution is 0.264. The van der Waals surface area contributed by atoms with Gasteiger partial charge < -0.3 is 13.7 Å². The van der Waals surface area contributed by atoms with E-state index >= 15 is 0 Å². The van der Waals surface area contributed by atoms with Gasteiger partial charge in [-0.05, 0) is 227 Å². The first-order chi connectivity index (χ1) is 53.3. The molecule has 20 rings (SSSR count). The molecule has 14 aromatic rings. The average Bonchev–Trinajstić information content (AvgIpc) is 1.50. The summed E-state index contributed by atoms with van der Waals surface area (Å²) in [7, 11) is 0. The van der Waals surface area contributed by atoms with Gasteiger partial charge >= 0.3 is 0 Å². The summed E-state index contributed by atoms with van der Waals surface area (Å²) in [5, 5.41) is 4.74. The molecule has 2 heterocycles. The van der Waals surface area contributed by atoms with Gasteiger partial charge in [-0.3, -0.25) is 0 Å². The summed E-state index contributed by atoms with van der Waals surface area (Å²) in [5.41, 5.74) is 40.5. The molecular weight excluding hydrogens is 1330 g/mol. The lowest BCUT2D eigenvalue weighted by Crippen LogP contribution is -2.33. The predicted molar refractivity (Wildman–Crippen MR) is 465 cm³/mol. The molecular formula is C107H101NO2. The fourth-order valence-electron chi connectivity index (χ4n) is 22.5. The van der Waals surface area contributed by atoms with Gasteiger partial charge in [-0.1, -0.05) is 309 Å². The van der Waals surface area contributed by atoms with E-state index in [1.807, 2.05) is 0 Å². The van der Waals surface area contributed by atoms with Crippen molar-refractivity contribution in [2.24, 2.45) is 5.92 Å². The van der Waals surface area contributed by atoms with Crippen LogP contribution in [0.15, 0.2) is 245 Å². The van der Waals surface area contributed by atoms with Crippen molar-refractivity contribution >= 4 is 66.5 Å². The van der Waals surface area contributed by atoms with Crippen LogP contribution >= 0.6 is 0 Å². The van der Waals surface area contributed by atoms with Gasteiger partial charge in [-0.15, -0.1) is 0 Å². The summed E-state index contributed by atoms with van der Waals surface area (Å²) >= 11 is 0. The lowest BCUT2D eigenvalue weighted by atomic mass is 9.65. The Kier molecular flexibility index (Phi) is 15.8. The molecule has 0 aliphatic heterocycles. The van der Waals surface area contributed by atoms with Crippen molar-refractivity contribution < 1.29 is 8.83 Å². The van der Waals surface area contributed by atoms with Gasteiger partial charge in [0.2, 0.25) is 0 Å². The van der Waals surface area contributed by atoms with Crippen molar-refractivity contribution in [3.8, 4) is 66.8 Å². The molecule has 2 unspecified atom stereocenters. The molecule has 0 fully saturated rings. The van der Waals surface area contributed by atoms with Crippen LogP contribution in [0.25, 0.3) is 116 Å². The fourth-order valence-corrected chi connectivity index (χ4v) is 22.5. The number of rotatable bonds is 18. The van der Waals surface area contributed by atoms with E-state index in [0.29, 0.717) is 11.8 Å². The normalized spacial score (nSPS) is 17.5. The quantitative estimate of drug-likeness (QED) is 0.0802. The number of allylic oxidation sites excluding steroid dienone is 4. The van der Waals surface area contributed by atoms with Gasteiger partial charge in [0.25, 0.3) is 0 Å². The van der Waals surface area contributed by atoms with Crippen LogP contribution < -0.4 is 4.90 Å². The Bertz CT molecular complexity index is 6230. The molecule has 0 spiro atoms. The van der Waals surface area contributed by atoms with Gasteiger partial charge in [-0.2, -0.15) is 0 Å². The minimum absolute atomic E-state index is 0.155. The van der Waals surface area contributed by atoms with Gasteiger partial charge in [0.15, 0.2) is 0 Å². The molecule has 12 aromatic carbocycles. The Hall–Kier alpha value is -10.5. The molecule has 0 N–H and O–H groups in total. The van der Waals surface area contributed by atoms with Crippen LogP contribution in [-0.2, 0) is 27.1 Å². The third-order valence-corrected chi connectivity index (χ3v) is 28.0. The van der Waals surface area contributed by atoms with Crippen LogP contribution in [0.4, 0.5) is 17.1 Å². The zero-order valence-corrected chi connectivity index (χ0v) is 66.4. The Labute approximate surface area is 650 Å². The first-order valence-corrected chi connectivity index (χ1v) is 41.5. The Morgan fingerprint density at radius 2 is 0.864 bits per heavy atom. The molecule has 2 aromatic heterocycles. The van der Waals surface area contributed by atoms with Crippen LogP contribution in [0.3, 0.4) is 0 Å². The maximum atomic E-state index is 7.21. The molecule has 0 saturated carbocycles. The minimum atomic E-state index is -0.396. The highest BCUT2D eigenvalue weighted by Gasteiger charge is 2.52. The average molecular weight is 1430 g/mol. The molecule has 110 heavy (non-hydrogen) atoms. The second-order valence-corrected chi connectivity index (χ2v) is 35.8. The minimum Gasteiger partial charge on any atom is -0.455 e. The smallest absolute Gasteiger partial charge is 0.144 e. The maximum absolute atomic E-state index is 7.21. The molecule has 3 heteroatoms. The molecule has 3 nitrogen and oxygen atoms in total. The Balaban J connectivity index is 0.689. The number of hydrogen-bond donors (Lipinski definition) is 0. The fraction of sp³-hybridized carbons (Fsp3) is 0.290. The third-order valence-electron chi connectivity index (χ3n) is 28.0. The summed E-state index contributed by atoms with van der Waals surface area (Å²) in [6.07, 6.45) is 23.6. The molecule has 0 amide bonds. The first kappa shape index (κ1) is 68.8. The van der Waals surface area contributed by atoms with Gasteiger partial charge in [0.1, 0.15) is 22.3 Å². The largest absolute Gasteiger partial charge is 0.455 e. The van der Waals surface area contributed by atoms with Crippen molar-refractivity contribution in [3.05, 3.63) is 309 Å². The van der Waals surface area contributed by atoms with E-state index in [4.69, 9.17) is 8.83 Å². The zero-order valence-electron chi connectivity index (χ0n) is 66.4. The number of unbranched alkanes of at least 4 members (excludes halogenated alkanes) is 8. The van der Waals surface area contributed by atoms with E-state index in [0.717, 1.165) is 50.3 Å². The number of benzene rings is 12. The predicted octanol–water partition coefficient (Wildman–Crippen LogP) is 30.5. The summed E-state index contributed by atoms with van der Waals surface area (Å²) in [6, 6.07) is 84.3. The van der Waals surface area contributed by atoms with Crippen LogP contribution in [0.1, 0.15) is 225 Å². The van der Waals surface area contributed by atoms with Gasteiger partial charge in [0.05, 0.1) is 0 Å². The summed E-state index contributed by atoms with van der Waals surface area (Å²) in [6.45, 7) is 28.7. The van der Waals surface area contributed by atoms with E-state index in [1.165, 1.54) is 221 Å². The van der Waals surface area contributed by atoms with Crippen molar-refractivity contribution in [1.29, 1.82) is 0 Å². The topological polar surface area (TPSA) is 29.5 Å². The van der Waals surface area contributed by atoms with Crippen LogP contribution in [-0.4, -0.2) is 0 Å². The van der Waals surface area contributed by atoms with Crippen LogP contribution in [0, 0.1) is 19.8 Å². The highest BCUT2D eigenvalue weighted by molar-refractivity contribution is 6.22. The number of aryl methyl sites for hydroxylation is 2. The van der Waals surface area contributed by atoms with E-state index in [2.05, 4.69) is 325 Å². The van der Waals surface area contributed by atoms with E-state index < -0.39 is 5.41 Å². The van der Waals surface area contributed by atoms with E-state index in [1.54, 1.807) is 11.1 Å². The molecule has 0 radical (unpaired) electrons. The van der Waals surface area contributed by atoms with Crippen LogP contribution in [0.2, 0.25) is 0 Å². The van der Waals surface area contributed by atoms with Crippen molar-refractivity contribution in [3.63, 3.8) is 0 Å². The molecule has 546 valence electrons. The molecule has 6 aliphatic rings. The van der Waals surface area contributed by atoms with Crippen molar-refractivity contribution in [2.75, 3.05) is 4.90 Å². The maximum Gasteiger partial charge on any atom is 0.144 e. The van der Waals surface area contributed by atoms with Crippen LogP contribution in [0.5, 0.6) is 0 Å². The summed E-state index contributed by atoms with van der Waals surface area (Å²) < 4.78 is 14.2. The number of fused-ring (bicyclic) bond motifs is 25. The second-order valence-electron chi connectivity index (χ2n) is 35.8. The Morgan fingerprint density at radius 1 is 0.364 bits per heavy atom. The second kappa shape index (κ2) is 25.3. The Morgan fingerprint density at radius 3 is 1.54 bits per heavy atom. The highest BCUT2D eigenvalue weighted by atomic mass is 16.3. The van der Waals surface area contributed by atoms with Gasteiger partial charge in [-0.25, -0.2) is 0 Å². The molecule has 2 atom stereocenters. The summed E-state index contributed by atoms with van der Waals surface area (Å²) in [4.78, 5) is 2.54. The number of anilines is 3. The number of nitrogens with zero attached hydrogens (tertiary/aromatic N) is 1. The first-order valence-electron chi connectivity index (χ1n) is 41.5.